The maximum absolute atomic E-state index is 13.0. The summed E-state index contributed by atoms with van der Waals surface area (Å²) in [5.41, 5.74) is 4.22. The minimum atomic E-state index is -0.213. The van der Waals surface area contributed by atoms with Gasteiger partial charge in [0.05, 0.1) is 10.2 Å². The van der Waals surface area contributed by atoms with Gasteiger partial charge in [-0.1, -0.05) is 48.5 Å². The van der Waals surface area contributed by atoms with Crippen LogP contribution in [0.25, 0.3) is 31.9 Å². The van der Waals surface area contributed by atoms with Crippen molar-refractivity contribution in [1.29, 1.82) is 0 Å². The molecule has 0 bridgehead atoms. The zero-order valence-electron chi connectivity index (χ0n) is 11.7. The van der Waals surface area contributed by atoms with Crippen molar-refractivity contribution in [2.24, 2.45) is 0 Å². The Balaban J connectivity index is 1.70. The van der Waals surface area contributed by atoms with Gasteiger partial charge in [0.15, 0.2) is 0 Å². The average molecular weight is 305 g/mol. The van der Waals surface area contributed by atoms with Crippen molar-refractivity contribution in [1.82, 2.24) is 4.98 Å². The van der Waals surface area contributed by atoms with E-state index in [1.165, 1.54) is 16.8 Å². The second kappa shape index (κ2) is 5.35. The third-order valence-corrected chi connectivity index (χ3v) is 4.69. The number of rotatable bonds is 2. The van der Waals surface area contributed by atoms with Crippen molar-refractivity contribution in [2.75, 3.05) is 0 Å². The van der Waals surface area contributed by atoms with Crippen molar-refractivity contribution in [3.05, 3.63) is 78.6 Å². The Bertz CT molecular complexity index is 891. The third kappa shape index (κ3) is 2.40. The van der Waals surface area contributed by atoms with Gasteiger partial charge in [0.25, 0.3) is 0 Å². The number of halogens is 1. The minimum Gasteiger partial charge on any atom is -0.236 e. The van der Waals surface area contributed by atoms with Crippen LogP contribution in [-0.4, -0.2) is 4.98 Å². The van der Waals surface area contributed by atoms with Crippen LogP contribution in [0.15, 0.2) is 72.8 Å². The molecule has 0 unspecified atom stereocenters. The van der Waals surface area contributed by atoms with Gasteiger partial charge in [0.1, 0.15) is 10.8 Å². The quantitative estimate of drug-likeness (QED) is 0.458. The summed E-state index contributed by atoms with van der Waals surface area (Å²) in [5, 5.41) is 1.02. The summed E-state index contributed by atoms with van der Waals surface area (Å²) in [5.74, 6) is -0.213. The highest BCUT2D eigenvalue weighted by Gasteiger charge is 2.06. The molecule has 0 aliphatic rings. The fourth-order valence-electron chi connectivity index (χ4n) is 2.44. The maximum atomic E-state index is 13.0. The highest BCUT2D eigenvalue weighted by Crippen LogP contribution is 2.31. The first-order valence-corrected chi connectivity index (χ1v) is 7.83. The molecule has 3 heteroatoms. The number of nitrogens with zero attached hydrogens (tertiary/aromatic N) is 1. The zero-order valence-corrected chi connectivity index (χ0v) is 12.5. The van der Waals surface area contributed by atoms with Crippen LogP contribution < -0.4 is 0 Å². The molecule has 3 aromatic carbocycles. The zero-order chi connectivity index (χ0) is 14.9. The number of fused-ring (bicyclic) bond motifs is 1. The Morgan fingerprint density at radius 1 is 0.682 bits per heavy atom. The van der Waals surface area contributed by atoms with Crippen LogP contribution in [0.3, 0.4) is 0 Å². The third-order valence-electron chi connectivity index (χ3n) is 3.60. The van der Waals surface area contributed by atoms with E-state index in [1.54, 1.807) is 23.5 Å². The number of thiazole rings is 1. The summed E-state index contributed by atoms with van der Waals surface area (Å²) < 4.78 is 14.2. The fourth-order valence-corrected chi connectivity index (χ4v) is 3.41. The van der Waals surface area contributed by atoms with Crippen LogP contribution in [0.4, 0.5) is 4.39 Å². The predicted molar refractivity (Wildman–Crippen MR) is 90.5 cm³/mol. The lowest BCUT2D eigenvalue weighted by Crippen LogP contribution is -1.80. The molecule has 0 N–H and O–H groups in total. The summed E-state index contributed by atoms with van der Waals surface area (Å²) in [4.78, 5) is 4.67. The van der Waals surface area contributed by atoms with Crippen LogP contribution in [-0.2, 0) is 0 Å². The van der Waals surface area contributed by atoms with Gasteiger partial charge in [0.2, 0.25) is 0 Å². The first kappa shape index (κ1) is 13.2. The van der Waals surface area contributed by atoms with E-state index in [2.05, 4.69) is 35.3 Å². The van der Waals surface area contributed by atoms with Crippen molar-refractivity contribution >= 4 is 21.6 Å². The summed E-state index contributed by atoms with van der Waals surface area (Å²) >= 11 is 1.69. The molecule has 4 rings (SSSR count). The van der Waals surface area contributed by atoms with Crippen LogP contribution in [0.2, 0.25) is 0 Å². The van der Waals surface area contributed by atoms with Crippen LogP contribution in [0.5, 0.6) is 0 Å². The highest BCUT2D eigenvalue weighted by atomic mass is 32.1. The van der Waals surface area contributed by atoms with E-state index in [1.807, 2.05) is 18.2 Å². The second-order valence-corrected chi connectivity index (χ2v) is 6.10. The fraction of sp³-hybridized carbons (Fsp3) is 0. The van der Waals surface area contributed by atoms with E-state index in [0.29, 0.717) is 0 Å². The van der Waals surface area contributed by atoms with Gasteiger partial charge in [-0.25, -0.2) is 9.37 Å². The summed E-state index contributed by atoms with van der Waals surface area (Å²) in [7, 11) is 0. The van der Waals surface area contributed by atoms with Crippen LogP contribution in [0.1, 0.15) is 0 Å². The number of aromatic nitrogens is 1. The van der Waals surface area contributed by atoms with Crippen molar-refractivity contribution < 1.29 is 4.39 Å². The Morgan fingerprint density at radius 2 is 1.27 bits per heavy atom. The number of benzene rings is 3. The van der Waals surface area contributed by atoms with Gasteiger partial charge in [-0.2, -0.15) is 0 Å². The number of para-hydroxylation sites is 1. The average Bonchev–Trinajstić information content (AvgIpc) is 3.00. The van der Waals surface area contributed by atoms with Crippen LogP contribution in [0, 0.1) is 5.82 Å². The van der Waals surface area contributed by atoms with Gasteiger partial charge < -0.3 is 0 Å². The molecule has 4 aromatic rings. The molecule has 22 heavy (non-hydrogen) atoms. The maximum Gasteiger partial charge on any atom is 0.124 e. The molecule has 0 aliphatic heterocycles. The van der Waals surface area contributed by atoms with E-state index in [4.69, 9.17) is 0 Å². The molecule has 0 atom stereocenters. The Morgan fingerprint density at radius 3 is 1.95 bits per heavy atom. The largest absolute Gasteiger partial charge is 0.236 e. The topological polar surface area (TPSA) is 12.9 Å². The first-order valence-electron chi connectivity index (χ1n) is 7.01. The molecule has 0 aliphatic carbocycles. The second-order valence-electron chi connectivity index (χ2n) is 5.07. The lowest BCUT2D eigenvalue weighted by atomic mass is 10.0. The van der Waals surface area contributed by atoms with E-state index in [0.717, 1.165) is 27.2 Å². The Hall–Kier alpha value is -2.52. The normalized spacial score (nSPS) is 11.0. The monoisotopic (exact) mass is 305 g/mol. The van der Waals surface area contributed by atoms with E-state index in [9.17, 15) is 4.39 Å². The van der Waals surface area contributed by atoms with E-state index < -0.39 is 0 Å². The van der Waals surface area contributed by atoms with Crippen molar-refractivity contribution in [2.45, 2.75) is 0 Å². The first-order chi connectivity index (χ1) is 10.8. The number of hydrogen-bond acceptors (Lipinski definition) is 2. The molecular formula is C19H12FNS. The molecule has 0 fully saturated rings. The molecule has 0 saturated carbocycles. The molecule has 0 saturated heterocycles. The Labute approximate surface area is 131 Å². The van der Waals surface area contributed by atoms with Gasteiger partial charge in [-0.3, -0.25) is 0 Å². The van der Waals surface area contributed by atoms with Gasteiger partial charge in [-0.15, -0.1) is 11.3 Å². The van der Waals surface area contributed by atoms with Crippen LogP contribution >= 0.6 is 11.3 Å². The molecule has 1 aromatic heterocycles. The molecule has 1 nitrogen and oxygen atoms in total. The lowest BCUT2D eigenvalue weighted by Gasteiger charge is -2.03. The van der Waals surface area contributed by atoms with Crippen molar-refractivity contribution in [3.63, 3.8) is 0 Å². The molecule has 0 spiro atoms. The SMILES string of the molecule is Fc1ccc(-c2ccc(-c3nc4ccccc4s3)cc2)cc1. The summed E-state index contributed by atoms with van der Waals surface area (Å²) in [6.07, 6.45) is 0. The van der Waals surface area contributed by atoms with Gasteiger partial charge in [-0.05, 0) is 35.4 Å². The van der Waals surface area contributed by atoms with Gasteiger partial charge >= 0.3 is 0 Å². The van der Waals surface area contributed by atoms with E-state index in [-0.39, 0.29) is 5.82 Å². The molecule has 0 radical (unpaired) electrons. The molecule has 0 amide bonds. The predicted octanol–water partition coefficient (Wildman–Crippen LogP) is 5.77. The standard InChI is InChI=1S/C19H12FNS/c20-16-11-9-14(10-12-16)13-5-7-15(8-6-13)19-21-17-3-1-2-4-18(17)22-19/h1-12H. The Kier molecular flexibility index (Phi) is 3.20. The number of hydrogen-bond donors (Lipinski definition) is 0. The van der Waals surface area contributed by atoms with Gasteiger partial charge in [0, 0.05) is 5.56 Å². The van der Waals surface area contributed by atoms with E-state index >= 15 is 0 Å². The molecule has 1 heterocycles. The summed E-state index contributed by atoms with van der Waals surface area (Å²) in [6, 6.07) is 22.9. The minimum absolute atomic E-state index is 0.213. The molecule has 106 valence electrons. The van der Waals surface area contributed by atoms with Crippen molar-refractivity contribution in [3.8, 4) is 21.7 Å². The smallest absolute Gasteiger partial charge is 0.124 e. The lowest BCUT2D eigenvalue weighted by molar-refractivity contribution is 0.628. The molecular weight excluding hydrogens is 293 g/mol. The highest BCUT2D eigenvalue weighted by molar-refractivity contribution is 7.21. The summed E-state index contributed by atoms with van der Waals surface area (Å²) in [6.45, 7) is 0.